The van der Waals surface area contributed by atoms with Gasteiger partial charge in [-0.05, 0) is 44.2 Å². The predicted octanol–water partition coefficient (Wildman–Crippen LogP) is 2.32. The van der Waals surface area contributed by atoms with Crippen LogP contribution in [0.1, 0.15) is 36.2 Å². The Morgan fingerprint density at radius 2 is 2.08 bits per heavy atom. The van der Waals surface area contributed by atoms with Crippen LogP contribution in [0.5, 0.6) is 11.5 Å². The molecule has 1 aliphatic heterocycles. The van der Waals surface area contributed by atoms with Gasteiger partial charge in [0, 0.05) is 32.5 Å². The molecule has 1 aliphatic rings. The van der Waals surface area contributed by atoms with Gasteiger partial charge in [-0.15, -0.1) is 0 Å². The Morgan fingerprint density at radius 3 is 2.76 bits per heavy atom. The summed E-state index contributed by atoms with van der Waals surface area (Å²) in [6.07, 6.45) is 3.94. The highest BCUT2D eigenvalue weighted by molar-refractivity contribution is 7.87. The van der Waals surface area contributed by atoms with Gasteiger partial charge < -0.3 is 24.1 Å². The van der Waals surface area contributed by atoms with Gasteiger partial charge in [-0.3, -0.25) is 9.97 Å². The highest BCUT2D eigenvalue weighted by Crippen LogP contribution is 2.27. The first-order chi connectivity index (χ1) is 17.8. The number of aromatic nitrogens is 2. The van der Waals surface area contributed by atoms with Crippen molar-refractivity contribution in [1.82, 2.24) is 19.0 Å². The van der Waals surface area contributed by atoms with E-state index in [9.17, 15) is 18.3 Å². The molecule has 0 spiro atoms. The average Bonchev–Trinajstić information content (AvgIpc) is 3.39. The third-order valence-corrected chi connectivity index (χ3v) is 7.05. The van der Waals surface area contributed by atoms with E-state index in [1.165, 1.54) is 12.4 Å². The molecule has 1 unspecified atom stereocenters. The van der Waals surface area contributed by atoms with Gasteiger partial charge >= 0.3 is 16.3 Å². The lowest BCUT2D eigenvalue weighted by atomic mass is 10.1. The van der Waals surface area contributed by atoms with Crippen LogP contribution in [-0.4, -0.2) is 80.1 Å². The van der Waals surface area contributed by atoms with Gasteiger partial charge in [0.25, 0.3) is 0 Å². The molecule has 1 aromatic heterocycles. The molecule has 2 heterocycles. The molecule has 204 valence electrons. The number of methoxy groups -OCH3 is 1. The summed E-state index contributed by atoms with van der Waals surface area (Å²) in [5, 5.41) is 9.55. The van der Waals surface area contributed by atoms with Crippen molar-refractivity contribution < 1.29 is 37.3 Å². The van der Waals surface area contributed by atoms with Crippen LogP contribution in [0, 0.1) is 6.92 Å². The second-order valence-corrected chi connectivity index (χ2v) is 10.2. The minimum Gasteiger partial charge on any atom is -0.491 e. The Balaban J connectivity index is 1.62. The normalized spacial score (nSPS) is 15.5. The van der Waals surface area contributed by atoms with Crippen LogP contribution in [0.3, 0.4) is 0 Å². The summed E-state index contributed by atoms with van der Waals surface area (Å²) in [4.78, 5) is 19.9. The number of hydrogen-bond acceptors (Lipinski definition) is 9. The second-order valence-electron chi connectivity index (χ2n) is 8.49. The standard InChI is InChI=1S/C24H34N4O8S/c1-18-14-26-20(15-25-18)16-27-37(31,32)28(24(29)30)9-3-5-19-7-8-21(35-12-11-33-2)13-23(19)36-17-22-6-4-10-34-22/h7-8,13-15,22,27H,3-6,9-12,16-17H2,1-2H3,(H,29,30). The topological polar surface area (TPSA) is 149 Å². The summed E-state index contributed by atoms with van der Waals surface area (Å²) >= 11 is 0. The van der Waals surface area contributed by atoms with Crippen molar-refractivity contribution in [3.63, 3.8) is 0 Å². The third-order valence-electron chi connectivity index (χ3n) is 5.62. The second kappa shape index (κ2) is 14.1. The fourth-order valence-electron chi connectivity index (χ4n) is 3.65. The van der Waals surface area contributed by atoms with Gasteiger partial charge in [-0.2, -0.15) is 17.4 Å². The average molecular weight is 539 g/mol. The van der Waals surface area contributed by atoms with Crippen LogP contribution in [-0.2, 0) is 32.6 Å². The van der Waals surface area contributed by atoms with Gasteiger partial charge in [-0.1, -0.05) is 6.07 Å². The van der Waals surface area contributed by atoms with Crippen LogP contribution < -0.4 is 14.2 Å². The number of aryl methyl sites for hydroxylation is 2. The molecule has 3 rings (SSSR count). The Bertz CT molecular complexity index is 1110. The molecule has 0 bridgehead atoms. The van der Waals surface area contributed by atoms with Crippen molar-refractivity contribution in [3.05, 3.63) is 47.5 Å². The highest BCUT2D eigenvalue weighted by atomic mass is 32.2. The van der Waals surface area contributed by atoms with Crippen molar-refractivity contribution in [1.29, 1.82) is 0 Å². The van der Waals surface area contributed by atoms with Gasteiger partial charge in [0.05, 0.1) is 36.8 Å². The fraction of sp³-hybridized carbons (Fsp3) is 0.542. The van der Waals surface area contributed by atoms with E-state index in [0.29, 0.717) is 60.0 Å². The summed E-state index contributed by atoms with van der Waals surface area (Å²) in [5.74, 6) is 1.20. The first kappa shape index (κ1) is 28.6. The summed E-state index contributed by atoms with van der Waals surface area (Å²) in [7, 11) is -2.71. The minimum atomic E-state index is -4.30. The maximum atomic E-state index is 12.7. The van der Waals surface area contributed by atoms with E-state index >= 15 is 0 Å². The van der Waals surface area contributed by atoms with Crippen molar-refractivity contribution in [2.45, 2.75) is 45.3 Å². The molecule has 1 fully saturated rings. The highest BCUT2D eigenvalue weighted by Gasteiger charge is 2.27. The predicted molar refractivity (Wildman–Crippen MR) is 134 cm³/mol. The molecule has 1 amide bonds. The molecule has 2 aromatic rings. The Kier molecular flexibility index (Phi) is 10.9. The third kappa shape index (κ3) is 9.11. The van der Waals surface area contributed by atoms with E-state index in [-0.39, 0.29) is 25.6 Å². The zero-order chi connectivity index (χ0) is 26.7. The molecule has 0 radical (unpaired) electrons. The molecule has 1 atom stereocenters. The van der Waals surface area contributed by atoms with Crippen LogP contribution in [0.4, 0.5) is 4.79 Å². The number of benzene rings is 1. The Hall–Kier alpha value is -3.00. The molecule has 1 aromatic carbocycles. The summed E-state index contributed by atoms with van der Waals surface area (Å²) in [6, 6.07) is 5.40. The lowest BCUT2D eigenvalue weighted by molar-refractivity contribution is 0.0674. The number of nitrogens with one attached hydrogen (secondary N) is 1. The van der Waals surface area contributed by atoms with Crippen molar-refractivity contribution >= 4 is 16.3 Å². The molecule has 0 aliphatic carbocycles. The maximum Gasteiger partial charge on any atom is 0.422 e. The first-order valence-corrected chi connectivity index (χ1v) is 13.5. The number of rotatable bonds is 15. The molecule has 12 nitrogen and oxygen atoms in total. The minimum absolute atomic E-state index is 0.0165. The van der Waals surface area contributed by atoms with Crippen LogP contribution in [0.25, 0.3) is 0 Å². The quantitative estimate of drug-likeness (QED) is 0.323. The van der Waals surface area contributed by atoms with E-state index in [4.69, 9.17) is 18.9 Å². The fourth-order valence-corrected chi connectivity index (χ4v) is 4.71. The zero-order valence-corrected chi connectivity index (χ0v) is 21.9. The maximum absolute atomic E-state index is 12.7. The number of nitrogens with zero attached hydrogens (tertiary/aromatic N) is 3. The molecule has 2 N–H and O–H groups in total. The summed E-state index contributed by atoms with van der Waals surface area (Å²) in [6.45, 7) is 3.27. The number of carboxylic acid groups (broad SMARTS) is 1. The molecular weight excluding hydrogens is 504 g/mol. The zero-order valence-electron chi connectivity index (χ0n) is 21.1. The van der Waals surface area contributed by atoms with E-state index in [1.807, 2.05) is 6.07 Å². The Labute approximate surface area is 217 Å². The lowest BCUT2D eigenvalue weighted by Gasteiger charge is -2.20. The van der Waals surface area contributed by atoms with Crippen LogP contribution in [0.2, 0.25) is 0 Å². The number of hydrogen-bond donors (Lipinski definition) is 2. The smallest absolute Gasteiger partial charge is 0.422 e. The van der Waals surface area contributed by atoms with E-state index < -0.39 is 16.3 Å². The van der Waals surface area contributed by atoms with Crippen molar-refractivity contribution in [2.24, 2.45) is 0 Å². The van der Waals surface area contributed by atoms with E-state index in [1.54, 1.807) is 26.2 Å². The van der Waals surface area contributed by atoms with Crippen LogP contribution in [0.15, 0.2) is 30.6 Å². The number of ether oxygens (including phenoxy) is 4. The van der Waals surface area contributed by atoms with Gasteiger partial charge in [0.1, 0.15) is 24.7 Å². The van der Waals surface area contributed by atoms with Crippen molar-refractivity contribution in [2.75, 3.05) is 40.1 Å². The largest absolute Gasteiger partial charge is 0.491 e. The summed E-state index contributed by atoms with van der Waals surface area (Å²) in [5.41, 5.74) is 1.87. The molecule has 37 heavy (non-hydrogen) atoms. The first-order valence-electron chi connectivity index (χ1n) is 12.1. The Morgan fingerprint density at radius 1 is 1.24 bits per heavy atom. The SMILES string of the molecule is COCCOc1ccc(CCCN(C(=O)O)S(=O)(=O)NCc2cnc(C)cn2)c(OCC2CCCO2)c1. The van der Waals surface area contributed by atoms with Gasteiger partial charge in [0.2, 0.25) is 0 Å². The lowest BCUT2D eigenvalue weighted by Crippen LogP contribution is -2.44. The molecule has 1 saturated heterocycles. The van der Waals surface area contributed by atoms with E-state index in [2.05, 4.69) is 14.7 Å². The van der Waals surface area contributed by atoms with Crippen LogP contribution >= 0.6 is 0 Å². The molecule has 0 saturated carbocycles. The number of amides is 1. The summed E-state index contributed by atoms with van der Waals surface area (Å²) < 4.78 is 50.3. The monoisotopic (exact) mass is 538 g/mol. The van der Waals surface area contributed by atoms with Crippen molar-refractivity contribution in [3.8, 4) is 11.5 Å². The molecular formula is C24H34N4O8S. The number of carbonyl (C=O) groups is 1. The van der Waals surface area contributed by atoms with E-state index in [0.717, 1.165) is 18.4 Å². The van der Waals surface area contributed by atoms with Gasteiger partial charge in [0.15, 0.2) is 0 Å². The molecule has 13 heteroatoms. The van der Waals surface area contributed by atoms with Gasteiger partial charge in [-0.25, -0.2) is 4.79 Å².